The number of benzene rings is 3. The highest BCUT2D eigenvalue weighted by Gasteiger charge is 2.57. The Hall–Kier alpha value is -6.44. The maximum absolute atomic E-state index is 14.2. The zero-order valence-corrected chi connectivity index (χ0v) is 43.7. The third-order valence-corrected chi connectivity index (χ3v) is 19.3. The molecular weight excluding hydrogens is 929 g/mol. The van der Waals surface area contributed by atoms with Gasteiger partial charge in [0, 0.05) is 18.7 Å². The first kappa shape index (κ1) is 47.3. The van der Waals surface area contributed by atoms with Gasteiger partial charge in [-0.25, -0.2) is 19.6 Å². The molecule has 2 spiro atoms. The summed E-state index contributed by atoms with van der Waals surface area (Å²) in [5.41, 5.74) is 16.0. The van der Waals surface area contributed by atoms with Gasteiger partial charge >= 0.3 is 12.2 Å². The van der Waals surface area contributed by atoms with E-state index >= 15 is 0 Å². The van der Waals surface area contributed by atoms with Crippen LogP contribution in [0.2, 0.25) is 0 Å². The number of aromatic amines is 2. The Kier molecular flexibility index (Phi) is 11.2. The molecule has 13 rings (SSSR count). The predicted molar refractivity (Wildman–Crippen MR) is 281 cm³/mol. The molecule has 5 aromatic rings. The van der Waals surface area contributed by atoms with Gasteiger partial charge in [-0.2, -0.15) is 0 Å². The first-order chi connectivity index (χ1) is 35.7. The molecular formula is C60H70N8O6. The van der Waals surface area contributed by atoms with Crippen LogP contribution in [-0.4, -0.2) is 93.1 Å². The number of hydrogen-bond donors (Lipinski definition) is 4. The minimum atomic E-state index is -0.681. The number of H-pyrrole nitrogens is 2. The van der Waals surface area contributed by atoms with Crippen LogP contribution in [0.3, 0.4) is 0 Å². The van der Waals surface area contributed by atoms with Crippen LogP contribution >= 0.6 is 0 Å². The number of rotatable bonds is 12. The first-order valence-electron chi connectivity index (χ1n) is 27.6. The lowest BCUT2D eigenvalue weighted by atomic mass is 9.77. The molecule has 386 valence electrons. The Balaban J connectivity index is 0.784. The average molecular weight is 999 g/mol. The summed E-state index contributed by atoms with van der Waals surface area (Å²) >= 11 is 0. The van der Waals surface area contributed by atoms with E-state index in [1.807, 2.05) is 49.9 Å². The second-order valence-electron chi connectivity index (χ2n) is 24.4. The molecule has 4 amide bonds. The number of ether oxygens (including phenoxy) is 2. The maximum atomic E-state index is 14.2. The van der Waals surface area contributed by atoms with Gasteiger partial charge in [-0.3, -0.25) is 9.59 Å². The molecule has 74 heavy (non-hydrogen) atoms. The fraction of sp³-hybridized carbons (Fsp3) is 0.533. The van der Waals surface area contributed by atoms with Gasteiger partial charge in [-0.15, -0.1) is 0 Å². The Labute approximate surface area is 433 Å². The molecule has 4 N–H and O–H groups in total. The summed E-state index contributed by atoms with van der Waals surface area (Å²) in [6, 6.07) is 16.8. The number of nitrogens with zero attached hydrogens (tertiary/aromatic N) is 4. The molecule has 8 aliphatic rings. The highest BCUT2D eigenvalue weighted by molar-refractivity contribution is 5.89. The minimum Gasteiger partial charge on any atom is -0.453 e. The number of methoxy groups -OCH3 is 2. The molecule has 8 atom stereocenters. The topological polar surface area (TPSA) is 175 Å². The smallest absolute Gasteiger partial charge is 0.407 e. The van der Waals surface area contributed by atoms with Crippen molar-refractivity contribution in [2.75, 3.05) is 27.3 Å². The Bertz CT molecular complexity index is 3090. The number of nitrogens with one attached hydrogen (secondary N) is 4. The van der Waals surface area contributed by atoms with Gasteiger partial charge in [0.2, 0.25) is 11.8 Å². The van der Waals surface area contributed by atoms with E-state index in [-0.39, 0.29) is 46.6 Å². The van der Waals surface area contributed by atoms with Crippen molar-refractivity contribution in [2.24, 2.45) is 22.7 Å². The highest BCUT2D eigenvalue weighted by atomic mass is 16.5. The molecule has 4 saturated carbocycles. The highest BCUT2D eigenvalue weighted by Crippen LogP contribution is 2.63. The van der Waals surface area contributed by atoms with Gasteiger partial charge in [0.05, 0.1) is 50.1 Å². The number of likely N-dealkylation sites (tertiary alicyclic amines) is 2. The molecule has 3 aromatic carbocycles. The SMILES string of the molecule is COC(=O)NC(C(=O)N1CC2(CC2)CC1c1ncc(-c2ccc(-c3ccc(-c4ccc(-c5cnc(C6CC7(CC7)CN6C(=O)C(NC(=O)OC)C(C)C)[nH]5)c5c4C4CCC5C4)c4c3C3CCC4C3)cc2)[nH]1)C(C)C. The van der Waals surface area contributed by atoms with Crippen LogP contribution in [0, 0.1) is 22.7 Å². The number of hydrogen-bond acceptors (Lipinski definition) is 8. The van der Waals surface area contributed by atoms with Crippen molar-refractivity contribution in [3.05, 3.63) is 94.8 Å². The van der Waals surface area contributed by atoms with Gasteiger partial charge in [0.1, 0.15) is 23.7 Å². The average Bonchev–Trinajstić information content (AvgIpc) is 4.02. The van der Waals surface area contributed by atoms with Crippen LogP contribution in [0.4, 0.5) is 9.59 Å². The molecule has 2 aromatic heterocycles. The second-order valence-corrected chi connectivity index (χ2v) is 24.4. The van der Waals surface area contributed by atoms with Crippen molar-refractivity contribution in [3.63, 3.8) is 0 Å². The Morgan fingerprint density at radius 3 is 1.39 bits per heavy atom. The largest absolute Gasteiger partial charge is 0.453 e. The van der Waals surface area contributed by atoms with Crippen molar-refractivity contribution < 1.29 is 28.7 Å². The predicted octanol–water partition coefficient (Wildman–Crippen LogP) is 11.4. The summed E-state index contributed by atoms with van der Waals surface area (Å²) in [5, 5.41) is 5.61. The van der Waals surface area contributed by atoms with Gasteiger partial charge in [0.25, 0.3) is 0 Å². The number of imidazole rings is 2. The van der Waals surface area contributed by atoms with Crippen LogP contribution in [0.1, 0.15) is 174 Å². The summed E-state index contributed by atoms with van der Waals surface area (Å²) < 4.78 is 9.79. The van der Waals surface area contributed by atoms with E-state index < -0.39 is 24.3 Å². The van der Waals surface area contributed by atoms with Crippen molar-refractivity contribution in [1.29, 1.82) is 0 Å². The molecule has 4 heterocycles. The molecule has 6 fully saturated rings. The maximum Gasteiger partial charge on any atom is 0.407 e. The van der Waals surface area contributed by atoms with Crippen LogP contribution in [0.25, 0.3) is 44.8 Å². The lowest BCUT2D eigenvalue weighted by Crippen LogP contribution is -2.51. The lowest BCUT2D eigenvalue weighted by molar-refractivity contribution is -0.136. The third-order valence-electron chi connectivity index (χ3n) is 19.3. The number of alkyl carbamates (subject to hydrolysis) is 2. The van der Waals surface area contributed by atoms with E-state index in [2.05, 4.69) is 69.1 Å². The number of fused-ring (bicyclic) bond motifs is 10. The van der Waals surface area contributed by atoms with Gasteiger partial charge < -0.3 is 39.9 Å². The molecule has 14 nitrogen and oxygen atoms in total. The van der Waals surface area contributed by atoms with Crippen molar-refractivity contribution >= 4 is 24.0 Å². The zero-order valence-electron chi connectivity index (χ0n) is 43.7. The summed E-state index contributed by atoms with van der Waals surface area (Å²) in [4.78, 5) is 74.2. The fourth-order valence-electron chi connectivity index (χ4n) is 15.0. The first-order valence-corrected chi connectivity index (χ1v) is 27.6. The van der Waals surface area contributed by atoms with Crippen molar-refractivity contribution in [3.8, 4) is 44.8 Å². The van der Waals surface area contributed by atoms with E-state index in [9.17, 15) is 19.2 Å². The molecule has 0 radical (unpaired) electrons. The number of aromatic nitrogens is 4. The normalized spacial score (nSPS) is 25.7. The van der Waals surface area contributed by atoms with Crippen LogP contribution < -0.4 is 10.6 Å². The molecule has 2 saturated heterocycles. The lowest BCUT2D eigenvalue weighted by Gasteiger charge is -2.30. The summed E-state index contributed by atoms with van der Waals surface area (Å²) in [5.74, 6) is 3.43. The zero-order chi connectivity index (χ0) is 50.9. The Morgan fingerprint density at radius 1 is 0.554 bits per heavy atom. The van der Waals surface area contributed by atoms with E-state index in [1.165, 1.54) is 91.7 Å². The van der Waals surface area contributed by atoms with E-state index in [4.69, 9.17) is 19.4 Å². The van der Waals surface area contributed by atoms with Crippen molar-refractivity contribution in [1.82, 2.24) is 40.4 Å². The number of amides is 4. The minimum absolute atomic E-state index is 0.0739. The number of carbonyl (C=O) groups excluding carboxylic acids is 4. The van der Waals surface area contributed by atoms with E-state index in [0.717, 1.165) is 67.1 Å². The molecule has 8 unspecified atom stereocenters. The molecule has 4 bridgehead atoms. The quantitative estimate of drug-likeness (QED) is 0.0955. The fourth-order valence-corrected chi connectivity index (χ4v) is 15.0. The summed E-state index contributed by atoms with van der Waals surface area (Å²) in [6.07, 6.45) is 16.2. The van der Waals surface area contributed by atoms with Crippen LogP contribution in [0.15, 0.2) is 60.9 Å². The van der Waals surface area contributed by atoms with Gasteiger partial charge in [-0.05, 0) is 173 Å². The molecule has 6 aliphatic carbocycles. The standard InChI is InChI=1S/C60H70N8O6/c1-31(2)51(65-57(71)73-5)55(69)67-29-59(19-20-59)25-45(67)53-61-27-43(63-53)34-9-7-33(8-10-34)39-15-16-40(48-36-12-11-35(23-36)47(39)48)41-17-18-42(50-38-14-13-37(24-38)49(41)50)44-28-62-54(64-44)46-26-60(21-22-60)30-68(46)56(70)52(32(3)4)66-58(72)74-6/h7-10,15-18,27-28,31-32,35-38,45-46,51-52H,11-14,19-26,29-30H2,1-6H3,(H,61,63)(H,62,64)(H,65,71)(H,66,72). The summed E-state index contributed by atoms with van der Waals surface area (Å²) in [7, 11) is 2.66. The third kappa shape index (κ3) is 7.77. The van der Waals surface area contributed by atoms with E-state index in [1.54, 1.807) is 11.1 Å². The molecule has 14 heteroatoms. The van der Waals surface area contributed by atoms with Crippen LogP contribution in [-0.2, 0) is 19.1 Å². The van der Waals surface area contributed by atoms with Gasteiger partial charge in [-0.1, -0.05) is 76.2 Å². The van der Waals surface area contributed by atoms with Crippen LogP contribution in [0.5, 0.6) is 0 Å². The van der Waals surface area contributed by atoms with Crippen molar-refractivity contribution in [2.45, 2.75) is 153 Å². The Morgan fingerprint density at radius 2 is 0.946 bits per heavy atom. The summed E-state index contributed by atoms with van der Waals surface area (Å²) in [6.45, 7) is 9.17. The monoisotopic (exact) mass is 999 g/mol. The van der Waals surface area contributed by atoms with E-state index in [0.29, 0.717) is 36.8 Å². The number of carbonyl (C=O) groups is 4. The molecule has 2 aliphatic heterocycles. The second kappa shape index (κ2) is 17.6. The van der Waals surface area contributed by atoms with Gasteiger partial charge in [0.15, 0.2) is 0 Å².